The molecule has 5 nitrogen and oxygen atoms in total. The summed E-state index contributed by atoms with van der Waals surface area (Å²) >= 11 is 0. The van der Waals surface area contributed by atoms with Crippen molar-refractivity contribution < 1.29 is 19.5 Å². The van der Waals surface area contributed by atoms with Crippen LogP contribution in [-0.2, 0) is 4.79 Å². The van der Waals surface area contributed by atoms with Crippen molar-refractivity contribution in [1.82, 2.24) is 5.48 Å². The summed E-state index contributed by atoms with van der Waals surface area (Å²) in [5.41, 5.74) is 2.00. The van der Waals surface area contributed by atoms with Crippen LogP contribution in [0, 0.1) is 0 Å². The van der Waals surface area contributed by atoms with E-state index in [1.807, 2.05) is 0 Å². The van der Waals surface area contributed by atoms with Crippen molar-refractivity contribution in [1.29, 1.82) is 0 Å². The molecule has 0 atom stereocenters. The van der Waals surface area contributed by atoms with E-state index in [9.17, 15) is 9.59 Å². The largest absolute Gasteiger partial charge is 0.497 e. The molecule has 86 valence electrons. The van der Waals surface area contributed by atoms with Crippen molar-refractivity contribution in [3.63, 3.8) is 0 Å². The van der Waals surface area contributed by atoms with Gasteiger partial charge in [0.05, 0.1) is 7.11 Å². The summed E-state index contributed by atoms with van der Waals surface area (Å²) in [6.07, 6.45) is 0.0418. The fourth-order valence-electron chi connectivity index (χ4n) is 1.20. The molecule has 0 aliphatic rings. The molecule has 1 aromatic carbocycles. The molecule has 0 bridgehead atoms. The van der Waals surface area contributed by atoms with Gasteiger partial charge in [-0.05, 0) is 24.3 Å². The van der Waals surface area contributed by atoms with Gasteiger partial charge in [-0.1, -0.05) is 0 Å². The Labute approximate surface area is 93.0 Å². The second-order valence-corrected chi connectivity index (χ2v) is 3.19. The van der Waals surface area contributed by atoms with Crippen molar-refractivity contribution >= 4 is 11.7 Å². The van der Waals surface area contributed by atoms with E-state index in [1.54, 1.807) is 31.4 Å². The van der Waals surface area contributed by atoms with Crippen LogP contribution in [-0.4, -0.2) is 24.0 Å². The van der Waals surface area contributed by atoms with Gasteiger partial charge in [0, 0.05) is 18.4 Å². The summed E-state index contributed by atoms with van der Waals surface area (Å²) in [6.45, 7) is 0. The van der Waals surface area contributed by atoms with E-state index in [4.69, 9.17) is 9.94 Å². The van der Waals surface area contributed by atoms with Crippen molar-refractivity contribution in [2.45, 2.75) is 12.8 Å². The number of ketones is 1. The lowest BCUT2D eigenvalue weighted by Crippen LogP contribution is -2.19. The van der Waals surface area contributed by atoms with Crippen LogP contribution in [0.3, 0.4) is 0 Å². The van der Waals surface area contributed by atoms with Gasteiger partial charge in [0.1, 0.15) is 5.75 Å². The number of amides is 1. The topological polar surface area (TPSA) is 75.6 Å². The second kappa shape index (κ2) is 5.87. The molecule has 0 heterocycles. The van der Waals surface area contributed by atoms with Crippen LogP contribution in [0.4, 0.5) is 0 Å². The molecule has 1 rings (SSSR count). The van der Waals surface area contributed by atoms with Gasteiger partial charge >= 0.3 is 0 Å². The zero-order valence-corrected chi connectivity index (χ0v) is 8.90. The molecule has 0 radical (unpaired) electrons. The first-order valence-electron chi connectivity index (χ1n) is 4.77. The molecule has 0 fully saturated rings. The zero-order valence-electron chi connectivity index (χ0n) is 8.90. The maximum atomic E-state index is 11.6. The molecule has 1 amide bonds. The summed E-state index contributed by atoms with van der Waals surface area (Å²) in [4.78, 5) is 22.3. The Hall–Kier alpha value is -1.88. The number of carbonyl (C=O) groups is 2. The fraction of sp³-hybridized carbons (Fsp3) is 0.273. The molecule has 0 spiro atoms. The Morgan fingerprint density at radius 1 is 1.25 bits per heavy atom. The molecule has 5 heteroatoms. The smallest absolute Gasteiger partial charge is 0.243 e. The van der Waals surface area contributed by atoms with E-state index in [-0.39, 0.29) is 18.6 Å². The maximum absolute atomic E-state index is 11.6. The number of carbonyl (C=O) groups excluding carboxylic acids is 2. The molecule has 0 saturated carbocycles. The summed E-state index contributed by atoms with van der Waals surface area (Å²) in [5.74, 6) is -0.0437. The molecule has 1 aromatic rings. The van der Waals surface area contributed by atoms with Gasteiger partial charge in [0.2, 0.25) is 5.91 Å². The monoisotopic (exact) mass is 223 g/mol. The summed E-state index contributed by atoms with van der Waals surface area (Å²) in [6, 6.07) is 6.63. The molecule has 0 unspecified atom stereocenters. The third-order valence-electron chi connectivity index (χ3n) is 2.12. The van der Waals surface area contributed by atoms with Crippen LogP contribution in [0.5, 0.6) is 5.75 Å². The highest BCUT2D eigenvalue weighted by atomic mass is 16.5. The van der Waals surface area contributed by atoms with Crippen LogP contribution in [0.25, 0.3) is 0 Å². The number of ether oxygens (including phenoxy) is 1. The minimum atomic E-state index is -0.568. The first-order valence-corrected chi connectivity index (χ1v) is 4.77. The van der Waals surface area contributed by atoms with Crippen LogP contribution < -0.4 is 10.2 Å². The summed E-state index contributed by atoms with van der Waals surface area (Å²) in [7, 11) is 1.54. The quantitative estimate of drug-likeness (QED) is 0.446. The van der Waals surface area contributed by atoms with Gasteiger partial charge < -0.3 is 4.74 Å². The van der Waals surface area contributed by atoms with E-state index in [0.717, 1.165) is 0 Å². The van der Waals surface area contributed by atoms with E-state index >= 15 is 0 Å². The number of hydroxylamine groups is 1. The first-order chi connectivity index (χ1) is 7.67. The highest BCUT2D eigenvalue weighted by Crippen LogP contribution is 2.13. The number of rotatable bonds is 5. The zero-order chi connectivity index (χ0) is 12.0. The highest BCUT2D eigenvalue weighted by molar-refractivity contribution is 5.97. The van der Waals surface area contributed by atoms with Crippen LogP contribution in [0.1, 0.15) is 23.2 Å². The van der Waals surface area contributed by atoms with E-state index < -0.39 is 5.91 Å². The molecule has 0 aliphatic carbocycles. The Balaban J connectivity index is 2.56. The predicted octanol–water partition coefficient (Wildman–Crippen LogP) is 1.16. The maximum Gasteiger partial charge on any atom is 0.243 e. The third-order valence-corrected chi connectivity index (χ3v) is 2.12. The van der Waals surface area contributed by atoms with Gasteiger partial charge in [0.25, 0.3) is 0 Å². The van der Waals surface area contributed by atoms with Crippen LogP contribution in [0.2, 0.25) is 0 Å². The second-order valence-electron chi connectivity index (χ2n) is 3.19. The lowest BCUT2D eigenvalue weighted by Gasteiger charge is -2.02. The Bertz CT molecular complexity index is 372. The van der Waals surface area contributed by atoms with Crippen molar-refractivity contribution in [2.75, 3.05) is 7.11 Å². The van der Waals surface area contributed by atoms with Gasteiger partial charge in [-0.2, -0.15) is 0 Å². The molecule has 2 N–H and O–H groups in total. The number of hydrogen-bond donors (Lipinski definition) is 2. The van der Waals surface area contributed by atoms with Crippen molar-refractivity contribution in [2.24, 2.45) is 0 Å². The van der Waals surface area contributed by atoms with Gasteiger partial charge in [-0.15, -0.1) is 0 Å². The summed E-state index contributed by atoms with van der Waals surface area (Å²) < 4.78 is 4.96. The first kappa shape index (κ1) is 12.2. The Morgan fingerprint density at radius 2 is 1.88 bits per heavy atom. The van der Waals surface area contributed by atoms with Crippen molar-refractivity contribution in [3.05, 3.63) is 29.8 Å². The average Bonchev–Trinajstić information content (AvgIpc) is 2.35. The SMILES string of the molecule is COc1ccc(C(=O)CCC(=O)NO)cc1. The van der Waals surface area contributed by atoms with Crippen molar-refractivity contribution in [3.8, 4) is 5.75 Å². The number of hydrogen-bond acceptors (Lipinski definition) is 4. The van der Waals surface area contributed by atoms with Crippen LogP contribution >= 0.6 is 0 Å². The number of benzene rings is 1. The standard InChI is InChI=1S/C11H13NO4/c1-16-9-4-2-8(3-5-9)10(13)6-7-11(14)12-15/h2-5,15H,6-7H2,1H3,(H,12,14). The van der Waals surface area contributed by atoms with Crippen LogP contribution in [0.15, 0.2) is 24.3 Å². The molecule has 16 heavy (non-hydrogen) atoms. The molecular formula is C11H13NO4. The third kappa shape index (κ3) is 3.36. The van der Waals surface area contributed by atoms with E-state index in [1.165, 1.54) is 5.48 Å². The fourth-order valence-corrected chi connectivity index (χ4v) is 1.20. The number of nitrogens with one attached hydrogen (secondary N) is 1. The van der Waals surface area contributed by atoms with E-state index in [2.05, 4.69) is 0 Å². The molecule has 0 saturated heterocycles. The lowest BCUT2D eigenvalue weighted by atomic mass is 10.1. The van der Waals surface area contributed by atoms with Gasteiger partial charge in [-0.25, -0.2) is 5.48 Å². The predicted molar refractivity (Wildman–Crippen MR) is 56.5 cm³/mol. The Morgan fingerprint density at radius 3 is 2.38 bits per heavy atom. The number of methoxy groups -OCH3 is 1. The highest BCUT2D eigenvalue weighted by Gasteiger charge is 2.08. The minimum absolute atomic E-state index is 0.0264. The minimum Gasteiger partial charge on any atom is -0.497 e. The lowest BCUT2D eigenvalue weighted by molar-refractivity contribution is -0.129. The summed E-state index contributed by atoms with van der Waals surface area (Å²) in [5, 5.41) is 8.26. The normalized spacial score (nSPS) is 9.62. The van der Waals surface area contributed by atoms with Gasteiger partial charge in [-0.3, -0.25) is 14.8 Å². The molecule has 0 aliphatic heterocycles. The van der Waals surface area contributed by atoms with E-state index in [0.29, 0.717) is 11.3 Å². The molecule has 0 aromatic heterocycles. The average molecular weight is 223 g/mol. The molecular weight excluding hydrogens is 210 g/mol. The number of Topliss-reactive ketones (excluding diaryl/α,β-unsaturated/α-hetero) is 1. The van der Waals surface area contributed by atoms with Gasteiger partial charge in [0.15, 0.2) is 5.78 Å². The Kier molecular flexibility index (Phi) is 4.47.